The summed E-state index contributed by atoms with van der Waals surface area (Å²) in [4.78, 5) is 32.1. The molecule has 2 rings (SSSR count). The monoisotopic (exact) mass is 413 g/mol. The van der Waals surface area contributed by atoms with Gasteiger partial charge in [-0.25, -0.2) is 9.59 Å². The third-order valence-corrected chi connectivity index (χ3v) is 3.38. The first kappa shape index (κ1) is 23.6. The average Bonchev–Trinajstić information content (AvgIpc) is 2.69. The van der Waals surface area contributed by atoms with Crippen molar-refractivity contribution in [3.63, 3.8) is 0 Å². The summed E-state index contributed by atoms with van der Waals surface area (Å²) in [5.74, 6) is -3.09. The highest BCUT2D eigenvalue weighted by molar-refractivity contribution is 5.91. The van der Waals surface area contributed by atoms with E-state index in [2.05, 4.69) is 4.74 Å². The number of nitrogens with two attached hydrogens (primary N) is 1. The van der Waals surface area contributed by atoms with Crippen molar-refractivity contribution in [1.29, 1.82) is 0 Å². The fraction of sp³-hybridized carbons (Fsp3) is 0.211. The Morgan fingerprint density at radius 2 is 1.45 bits per heavy atom. The van der Waals surface area contributed by atoms with E-state index < -0.39 is 18.1 Å². The molecule has 0 unspecified atom stereocenters. The van der Waals surface area contributed by atoms with Crippen LogP contribution in [0.2, 0.25) is 0 Å². The Labute approximate surface area is 163 Å². The van der Waals surface area contributed by atoms with Gasteiger partial charge in [-0.3, -0.25) is 4.79 Å². The van der Waals surface area contributed by atoms with Crippen LogP contribution >= 0.6 is 0 Å². The zero-order valence-electron chi connectivity index (χ0n) is 15.2. The van der Waals surface area contributed by atoms with Crippen molar-refractivity contribution < 1.29 is 42.1 Å². The minimum Gasteiger partial charge on any atom is -0.475 e. The standard InChI is InChI=1S/C17H17NO4.C2HF3O2/c1-21-16(19)10-12-4-8-15(9-5-12)22-17(20)14-6-2-13(11-18)3-7-14;3-2(4,5)1(6)7/h2-9H,10-11,18H2,1H3;(H,6,7). The van der Waals surface area contributed by atoms with E-state index in [1.807, 2.05) is 0 Å². The minimum atomic E-state index is -5.08. The first-order chi connectivity index (χ1) is 13.6. The molecule has 10 heteroatoms. The Balaban J connectivity index is 0.000000516. The van der Waals surface area contributed by atoms with E-state index in [9.17, 15) is 22.8 Å². The van der Waals surface area contributed by atoms with Crippen LogP contribution in [-0.2, 0) is 27.3 Å². The summed E-state index contributed by atoms with van der Waals surface area (Å²) in [6, 6.07) is 13.7. The number of aliphatic carboxylic acids is 1. The number of ether oxygens (including phenoxy) is 2. The van der Waals surface area contributed by atoms with E-state index in [0.29, 0.717) is 17.9 Å². The number of rotatable bonds is 5. The molecule has 2 aromatic carbocycles. The molecule has 0 spiro atoms. The Hall–Kier alpha value is -3.40. The van der Waals surface area contributed by atoms with Gasteiger partial charge in [-0.15, -0.1) is 0 Å². The number of carbonyl (C=O) groups is 3. The molecule has 0 aliphatic rings. The molecule has 0 fully saturated rings. The second-order valence-electron chi connectivity index (χ2n) is 5.49. The number of carbonyl (C=O) groups excluding carboxylic acids is 2. The van der Waals surface area contributed by atoms with Gasteiger partial charge in [0.25, 0.3) is 0 Å². The number of carboxylic acids is 1. The van der Waals surface area contributed by atoms with Gasteiger partial charge in [-0.05, 0) is 35.4 Å². The molecular formula is C19H18F3NO6. The lowest BCUT2D eigenvalue weighted by molar-refractivity contribution is -0.192. The van der Waals surface area contributed by atoms with Crippen LogP contribution < -0.4 is 10.5 Å². The highest BCUT2D eigenvalue weighted by Crippen LogP contribution is 2.15. The number of carboxylic acid groups (broad SMARTS) is 1. The van der Waals surface area contributed by atoms with Gasteiger partial charge < -0.3 is 20.3 Å². The fourth-order valence-electron chi connectivity index (χ4n) is 1.86. The van der Waals surface area contributed by atoms with Crippen molar-refractivity contribution in [2.45, 2.75) is 19.1 Å². The summed E-state index contributed by atoms with van der Waals surface area (Å²) < 4.78 is 41.6. The zero-order valence-corrected chi connectivity index (χ0v) is 15.2. The van der Waals surface area contributed by atoms with Crippen molar-refractivity contribution in [2.75, 3.05) is 7.11 Å². The predicted octanol–water partition coefficient (Wildman–Crippen LogP) is 2.71. The average molecular weight is 413 g/mol. The predicted molar refractivity (Wildman–Crippen MR) is 95.1 cm³/mol. The van der Waals surface area contributed by atoms with E-state index in [1.165, 1.54) is 7.11 Å². The van der Waals surface area contributed by atoms with Gasteiger partial charge in [-0.2, -0.15) is 13.2 Å². The lowest BCUT2D eigenvalue weighted by atomic mass is 10.1. The summed E-state index contributed by atoms with van der Waals surface area (Å²) in [5.41, 5.74) is 7.70. The molecule has 0 aliphatic heterocycles. The molecule has 0 atom stereocenters. The van der Waals surface area contributed by atoms with Crippen LogP contribution in [0.4, 0.5) is 13.2 Å². The van der Waals surface area contributed by atoms with Crippen molar-refractivity contribution in [3.8, 4) is 5.75 Å². The van der Waals surface area contributed by atoms with Crippen molar-refractivity contribution in [3.05, 3.63) is 65.2 Å². The lowest BCUT2D eigenvalue weighted by Crippen LogP contribution is -2.21. The number of esters is 2. The van der Waals surface area contributed by atoms with Crippen LogP contribution in [0.3, 0.4) is 0 Å². The third-order valence-electron chi connectivity index (χ3n) is 3.38. The highest BCUT2D eigenvalue weighted by atomic mass is 19.4. The van der Waals surface area contributed by atoms with Gasteiger partial charge in [0.2, 0.25) is 0 Å². The normalized spacial score (nSPS) is 10.4. The maximum absolute atomic E-state index is 12.0. The molecule has 0 saturated heterocycles. The fourth-order valence-corrected chi connectivity index (χ4v) is 1.86. The Bertz CT molecular complexity index is 833. The number of hydrogen-bond donors (Lipinski definition) is 2. The van der Waals surface area contributed by atoms with E-state index >= 15 is 0 Å². The van der Waals surface area contributed by atoms with Crippen LogP contribution in [-0.4, -0.2) is 36.3 Å². The molecular weight excluding hydrogens is 395 g/mol. The van der Waals surface area contributed by atoms with Crippen LogP contribution in [0.15, 0.2) is 48.5 Å². The van der Waals surface area contributed by atoms with Gasteiger partial charge in [0.15, 0.2) is 0 Å². The van der Waals surface area contributed by atoms with Crippen LogP contribution in [0.25, 0.3) is 0 Å². The molecule has 29 heavy (non-hydrogen) atoms. The molecule has 0 aromatic heterocycles. The van der Waals surface area contributed by atoms with Crippen LogP contribution in [0.5, 0.6) is 5.75 Å². The summed E-state index contributed by atoms with van der Waals surface area (Å²) in [6.45, 7) is 0.428. The number of hydrogen-bond acceptors (Lipinski definition) is 6. The lowest BCUT2D eigenvalue weighted by Gasteiger charge is -2.06. The second kappa shape index (κ2) is 10.8. The molecule has 0 amide bonds. The van der Waals surface area contributed by atoms with E-state index in [-0.39, 0.29) is 12.4 Å². The van der Waals surface area contributed by atoms with E-state index in [0.717, 1.165) is 11.1 Å². The summed E-state index contributed by atoms with van der Waals surface area (Å²) in [6.07, 6.45) is -4.90. The van der Waals surface area contributed by atoms with Crippen LogP contribution in [0.1, 0.15) is 21.5 Å². The summed E-state index contributed by atoms with van der Waals surface area (Å²) in [5, 5.41) is 7.12. The molecule has 0 radical (unpaired) electrons. The number of benzene rings is 2. The summed E-state index contributed by atoms with van der Waals surface area (Å²) >= 11 is 0. The molecule has 7 nitrogen and oxygen atoms in total. The molecule has 3 N–H and O–H groups in total. The number of methoxy groups -OCH3 is 1. The third kappa shape index (κ3) is 8.43. The van der Waals surface area contributed by atoms with Crippen molar-refractivity contribution in [2.24, 2.45) is 5.73 Å². The Morgan fingerprint density at radius 3 is 1.86 bits per heavy atom. The molecule has 2 aromatic rings. The highest BCUT2D eigenvalue weighted by Gasteiger charge is 2.38. The Kier molecular flexibility index (Phi) is 8.81. The van der Waals surface area contributed by atoms with Gasteiger partial charge in [0.1, 0.15) is 5.75 Å². The van der Waals surface area contributed by atoms with Crippen molar-refractivity contribution >= 4 is 17.9 Å². The minimum absolute atomic E-state index is 0.186. The SMILES string of the molecule is COC(=O)Cc1ccc(OC(=O)c2ccc(CN)cc2)cc1.O=C(O)C(F)(F)F. The first-order valence-electron chi connectivity index (χ1n) is 8.04. The molecule has 156 valence electrons. The zero-order chi connectivity index (χ0) is 22.0. The quantitative estimate of drug-likeness (QED) is 0.572. The summed E-state index contributed by atoms with van der Waals surface area (Å²) in [7, 11) is 1.34. The molecule has 0 heterocycles. The smallest absolute Gasteiger partial charge is 0.475 e. The van der Waals surface area contributed by atoms with E-state index in [4.69, 9.17) is 20.4 Å². The molecule has 0 bridgehead atoms. The Morgan fingerprint density at radius 1 is 0.966 bits per heavy atom. The van der Waals surface area contributed by atoms with Gasteiger partial charge in [0.05, 0.1) is 19.1 Å². The van der Waals surface area contributed by atoms with Crippen LogP contribution in [0, 0.1) is 0 Å². The second-order valence-corrected chi connectivity index (χ2v) is 5.49. The molecule has 0 saturated carbocycles. The number of alkyl halides is 3. The van der Waals surface area contributed by atoms with Gasteiger partial charge in [0, 0.05) is 6.54 Å². The first-order valence-corrected chi connectivity index (χ1v) is 8.04. The topological polar surface area (TPSA) is 116 Å². The van der Waals surface area contributed by atoms with Gasteiger partial charge in [-0.1, -0.05) is 24.3 Å². The van der Waals surface area contributed by atoms with Crippen molar-refractivity contribution in [1.82, 2.24) is 0 Å². The number of halogens is 3. The maximum atomic E-state index is 12.0. The van der Waals surface area contributed by atoms with Gasteiger partial charge >= 0.3 is 24.1 Å². The molecule has 0 aliphatic carbocycles. The maximum Gasteiger partial charge on any atom is 0.490 e. The largest absolute Gasteiger partial charge is 0.490 e. The van der Waals surface area contributed by atoms with E-state index in [1.54, 1.807) is 48.5 Å².